The molecule has 3 atom stereocenters. The lowest BCUT2D eigenvalue weighted by atomic mass is 10.1. The van der Waals surface area contributed by atoms with Crippen molar-refractivity contribution in [2.45, 2.75) is 21.6 Å². The fourth-order valence-corrected chi connectivity index (χ4v) is 5.75. The van der Waals surface area contributed by atoms with Gasteiger partial charge >= 0.3 is 0 Å². The van der Waals surface area contributed by atoms with Gasteiger partial charge in [0, 0.05) is 5.92 Å². The summed E-state index contributed by atoms with van der Waals surface area (Å²) >= 11 is 0. The maximum Gasteiger partial charge on any atom is 0.231 e. The minimum absolute atomic E-state index is 0.142. The molecule has 0 bridgehead atoms. The molecule has 1 saturated carbocycles. The smallest absolute Gasteiger partial charge is 0.231 e. The lowest BCUT2D eigenvalue weighted by Gasteiger charge is -2.08. The van der Waals surface area contributed by atoms with Crippen LogP contribution in [-0.2, 0) is 9.84 Å². The minimum Gasteiger partial charge on any atom is -0.454 e. The first kappa shape index (κ1) is 15.4. The Hall–Kier alpha value is -2.09. The molecule has 2 aliphatic rings. The van der Waals surface area contributed by atoms with E-state index in [1.54, 1.807) is 48.5 Å². The van der Waals surface area contributed by atoms with Gasteiger partial charge in [-0.25, -0.2) is 8.42 Å². The van der Waals surface area contributed by atoms with E-state index in [2.05, 4.69) is 0 Å². The molecule has 4 rings (SSSR count). The van der Waals surface area contributed by atoms with Gasteiger partial charge in [-0.2, -0.15) is 0 Å². The van der Waals surface area contributed by atoms with Crippen molar-refractivity contribution in [1.29, 1.82) is 0 Å². The summed E-state index contributed by atoms with van der Waals surface area (Å²) in [5, 5.41) is 8.85. The molecule has 0 saturated heterocycles. The molecule has 6 nitrogen and oxygen atoms in total. The molecule has 1 aliphatic heterocycles. The van der Waals surface area contributed by atoms with Crippen LogP contribution in [0.25, 0.3) is 0 Å². The number of fused-ring (bicyclic) bond motifs is 1. The van der Waals surface area contributed by atoms with E-state index >= 15 is 0 Å². The predicted octanol–water partition coefficient (Wildman–Crippen LogP) is 1.04. The van der Waals surface area contributed by atoms with Gasteiger partial charge in [-0.3, -0.25) is 0 Å². The highest BCUT2D eigenvalue weighted by atomic mass is 32.2. The van der Waals surface area contributed by atoms with Crippen LogP contribution in [0.15, 0.2) is 53.4 Å². The summed E-state index contributed by atoms with van der Waals surface area (Å²) in [6.45, 7) is -0.272. The van der Waals surface area contributed by atoms with E-state index in [4.69, 9.17) is 15.2 Å². The summed E-state index contributed by atoms with van der Waals surface area (Å²) < 4.78 is 36.5. The molecule has 1 fully saturated rings. The molecule has 2 aromatic rings. The van der Waals surface area contributed by atoms with Crippen LogP contribution in [0.3, 0.4) is 0 Å². The van der Waals surface area contributed by atoms with Gasteiger partial charge in [-0.15, -0.1) is 0 Å². The first-order chi connectivity index (χ1) is 11.5. The maximum atomic E-state index is 12.9. The monoisotopic (exact) mass is 347 g/mol. The second kappa shape index (κ2) is 5.20. The van der Waals surface area contributed by atoms with E-state index in [1.165, 1.54) is 0 Å². The quantitative estimate of drug-likeness (QED) is 0.858. The third kappa shape index (κ3) is 2.12. The summed E-state index contributed by atoms with van der Waals surface area (Å²) in [5.74, 6) is 0.686. The third-order valence-corrected chi connectivity index (χ3v) is 7.05. The second-order valence-corrected chi connectivity index (χ2v) is 8.21. The van der Waals surface area contributed by atoms with Crippen LogP contribution in [0.5, 0.6) is 11.5 Å². The number of hydrogen-bond acceptors (Lipinski definition) is 6. The highest BCUT2D eigenvalue weighted by molar-refractivity contribution is 7.92. The molecule has 3 N–H and O–H groups in total. The van der Waals surface area contributed by atoms with Crippen LogP contribution in [0.4, 0.5) is 0 Å². The number of sulfone groups is 1. The van der Waals surface area contributed by atoms with Crippen LogP contribution in [0, 0.1) is 0 Å². The molecule has 2 aromatic carbocycles. The van der Waals surface area contributed by atoms with Crippen LogP contribution in [0.1, 0.15) is 11.5 Å². The maximum absolute atomic E-state index is 12.9. The zero-order valence-electron chi connectivity index (χ0n) is 12.8. The van der Waals surface area contributed by atoms with E-state index in [0.717, 1.165) is 5.56 Å². The summed E-state index contributed by atoms with van der Waals surface area (Å²) in [6, 6.07) is 13.4. The Balaban J connectivity index is 1.74. The Kier molecular flexibility index (Phi) is 3.35. The standard InChI is InChI=1S/C17H17NO5S/c18-17(9-19)15(11-6-7-13-14(8-11)23-10-22-13)16(17)24(20,21)12-4-2-1-3-5-12/h1-8,15-16,19H,9-10,18H2/t15-,16+,17-/m1/s1. The van der Waals surface area contributed by atoms with Gasteiger partial charge in [0.2, 0.25) is 6.79 Å². The van der Waals surface area contributed by atoms with Gasteiger partial charge in [-0.05, 0) is 29.8 Å². The number of hydrogen-bond donors (Lipinski definition) is 2. The average molecular weight is 347 g/mol. The normalized spacial score (nSPS) is 27.9. The molecule has 7 heteroatoms. The average Bonchev–Trinajstić information content (AvgIpc) is 3.00. The van der Waals surface area contributed by atoms with Crippen molar-refractivity contribution in [3.8, 4) is 11.5 Å². The lowest BCUT2D eigenvalue weighted by molar-refractivity contribution is 0.174. The minimum atomic E-state index is -3.65. The summed E-state index contributed by atoms with van der Waals surface area (Å²) in [4.78, 5) is 0.210. The molecule has 0 radical (unpaired) electrons. The van der Waals surface area contributed by atoms with Crippen LogP contribution >= 0.6 is 0 Å². The van der Waals surface area contributed by atoms with E-state index in [9.17, 15) is 13.5 Å². The molecule has 0 unspecified atom stereocenters. The van der Waals surface area contributed by atoms with Crippen LogP contribution in [0.2, 0.25) is 0 Å². The number of aliphatic hydroxyl groups is 1. The number of aliphatic hydroxyl groups excluding tert-OH is 1. The zero-order valence-corrected chi connectivity index (χ0v) is 13.6. The van der Waals surface area contributed by atoms with Crippen molar-refractivity contribution >= 4 is 9.84 Å². The number of ether oxygens (including phenoxy) is 2. The van der Waals surface area contributed by atoms with Crippen molar-refractivity contribution in [2.75, 3.05) is 13.4 Å². The van der Waals surface area contributed by atoms with E-state index < -0.39 is 33.2 Å². The number of rotatable bonds is 4. The summed E-state index contributed by atoms with van der Waals surface area (Å²) in [5.41, 5.74) is 5.75. The molecule has 0 amide bonds. The first-order valence-electron chi connectivity index (χ1n) is 7.57. The second-order valence-electron chi connectivity index (χ2n) is 6.14. The molecular weight excluding hydrogens is 330 g/mol. The molecule has 1 aliphatic carbocycles. The van der Waals surface area contributed by atoms with Crippen molar-refractivity contribution in [2.24, 2.45) is 5.73 Å². The topological polar surface area (TPSA) is 98.8 Å². The Morgan fingerprint density at radius 1 is 1.12 bits per heavy atom. The van der Waals surface area contributed by atoms with Crippen LogP contribution in [-0.4, -0.2) is 37.7 Å². The molecule has 126 valence electrons. The summed E-state index contributed by atoms with van der Waals surface area (Å²) in [7, 11) is -3.65. The van der Waals surface area contributed by atoms with E-state index in [-0.39, 0.29) is 11.7 Å². The SMILES string of the molecule is N[C@]1(CO)[C@H](c2ccc3c(c2)OCO3)[C@@H]1S(=O)(=O)c1ccccc1. The summed E-state index contributed by atoms with van der Waals surface area (Å²) in [6.07, 6.45) is 0. The van der Waals surface area contributed by atoms with E-state index in [0.29, 0.717) is 11.5 Å². The Bertz CT molecular complexity index is 883. The fraction of sp³-hybridized carbons (Fsp3) is 0.294. The van der Waals surface area contributed by atoms with Crippen molar-refractivity contribution in [3.63, 3.8) is 0 Å². The van der Waals surface area contributed by atoms with Crippen molar-refractivity contribution < 1.29 is 23.0 Å². The molecule has 1 heterocycles. The van der Waals surface area contributed by atoms with Gasteiger partial charge in [0.15, 0.2) is 21.3 Å². The van der Waals surface area contributed by atoms with Gasteiger partial charge in [0.05, 0.1) is 22.3 Å². The van der Waals surface area contributed by atoms with Gasteiger partial charge in [0.1, 0.15) is 0 Å². The van der Waals surface area contributed by atoms with Gasteiger partial charge in [0.25, 0.3) is 0 Å². The molecule has 0 aromatic heterocycles. The van der Waals surface area contributed by atoms with Crippen LogP contribution < -0.4 is 15.2 Å². The number of benzene rings is 2. The predicted molar refractivity (Wildman–Crippen MR) is 86.7 cm³/mol. The van der Waals surface area contributed by atoms with Gasteiger partial charge < -0.3 is 20.3 Å². The van der Waals surface area contributed by atoms with Crippen molar-refractivity contribution in [3.05, 3.63) is 54.1 Å². The van der Waals surface area contributed by atoms with Crippen molar-refractivity contribution in [1.82, 2.24) is 0 Å². The third-order valence-electron chi connectivity index (χ3n) is 4.74. The lowest BCUT2D eigenvalue weighted by Crippen LogP contribution is -2.35. The zero-order chi connectivity index (χ0) is 16.9. The molecular formula is C17H17NO5S. The van der Waals surface area contributed by atoms with E-state index in [1.807, 2.05) is 0 Å². The van der Waals surface area contributed by atoms with Gasteiger partial charge in [-0.1, -0.05) is 24.3 Å². The molecule has 0 spiro atoms. The first-order valence-corrected chi connectivity index (χ1v) is 9.11. The number of nitrogens with two attached hydrogens (primary N) is 1. The Labute approximate surface area is 139 Å². The highest BCUT2D eigenvalue weighted by Crippen LogP contribution is 2.56. The highest BCUT2D eigenvalue weighted by Gasteiger charge is 2.69. The molecule has 24 heavy (non-hydrogen) atoms. The Morgan fingerprint density at radius 2 is 1.83 bits per heavy atom. The largest absolute Gasteiger partial charge is 0.454 e. The Morgan fingerprint density at radius 3 is 2.54 bits per heavy atom. The fourth-order valence-electron chi connectivity index (χ4n) is 3.43.